The monoisotopic (exact) mass is 267 g/mol. The van der Waals surface area contributed by atoms with Crippen molar-refractivity contribution >= 4 is 11.5 Å². The van der Waals surface area contributed by atoms with E-state index in [4.69, 9.17) is 0 Å². The average Bonchev–Trinajstić information content (AvgIpc) is 2.45. The summed E-state index contributed by atoms with van der Waals surface area (Å²) in [4.78, 5) is 14.4. The van der Waals surface area contributed by atoms with Crippen molar-refractivity contribution in [2.45, 2.75) is 20.8 Å². The van der Waals surface area contributed by atoms with Crippen LogP contribution in [0.5, 0.6) is 0 Å². The largest absolute Gasteiger partial charge is 0.364 e. The molecule has 2 aromatic carbocycles. The topological polar surface area (TPSA) is 20.3 Å². The van der Waals surface area contributed by atoms with Crippen molar-refractivity contribution in [3.8, 4) is 0 Å². The van der Waals surface area contributed by atoms with Crippen molar-refractivity contribution in [2.24, 2.45) is 0 Å². The highest BCUT2D eigenvalue weighted by Crippen LogP contribution is 2.16. The van der Waals surface area contributed by atoms with Gasteiger partial charge in [0.2, 0.25) is 0 Å². The second-order valence-corrected chi connectivity index (χ2v) is 5.14. The van der Waals surface area contributed by atoms with Gasteiger partial charge < -0.3 is 4.90 Å². The van der Waals surface area contributed by atoms with Gasteiger partial charge in [-0.15, -0.1) is 0 Å². The summed E-state index contributed by atoms with van der Waals surface area (Å²) in [5.41, 5.74) is 4.27. The molecule has 0 spiro atoms. The number of Topliss-reactive ketones (excluding diaryl/α,β-unsaturated/α-hetero) is 1. The van der Waals surface area contributed by atoms with Gasteiger partial charge in [0.05, 0.1) is 6.54 Å². The van der Waals surface area contributed by atoms with E-state index >= 15 is 0 Å². The van der Waals surface area contributed by atoms with Crippen molar-refractivity contribution in [2.75, 3.05) is 18.0 Å². The summed E-state index contributed by atoms with van der Waals surface area (Å²) in [6, 6.07) is 16.0. The highest BCUT2D eigenvalue weighted by molar-refractivity contribution is 5.99. The first-order valence-corrected chi connectivity index (χ1v) is 7.01. The number of benzene rings is 2. The number of hydrogen-bond acceptors (Lipinski definition) is 2. The smallest absolute Gasteiger partial charge is 0.182 e. The van der Waals surface area contributed by atoms with Gasteiger partial charge >= 0.3 is 0 Å². The number of aryl methyl sites for hydroxylation is 2. The molecule has 0 aliphatic carbocycles. The number of carbonyl (C=O) groups is 1. The normalized spacial score (nSPS) is 10.3. The fourth-order valence-electron chi connectivity index (χ4n) is 2.21. The molecule has 2 nitrogen and oxygen atoms in total. The first kappa shape index (κ1) is 14.3. The maximum absolute atomic E-state index is 12.3. The lowest BCUT2D eigenvalue weighted by Gasteiger charge is -2.22. The molecule has 0 saturated carbocycles. The molecule has 2 heteroatoms. The van der Waals surface area contributed by atoms with E-state index in [9.17, 15) is 4.79 Å². The van der Waals surface area contributed by atoms with Crippen molar-refractivity contribution in [3.05, 3.63) is 65.2 Å². The molecule has 0 aromatic heterocycles. The Hall–Kier alpha value is -2.09. The van der Waals surface area contributed by atoms with Gasteiger partial charge in [-0.3, -0.25) is 4.79 Å². The molecular formula is C18H21NO. The first-order chi connectivity index (χ1) is 9.60. The SMILES string of the molecule is CCN(CC(=O)c1ccc(C)cc1)c1cccc(C)c1. The molecule has 2 aromatic rings. The first-order valence-electron chi connectivity index (χ1n) is 7.01. The summed E-state index contributed by atoms with van der Waals surface area (Å²) in [5.74, 6) is 0.161. The number of likely N-dealkylation sites (N-methyl/N-ethyl adjacent to an activating group) is 1. The third kappa shape index (κ3) is 3.47. The van der Waals surface area contributed by atoms with Gasteiger partial charge in [0.15, 0.2) is 5.78 Å². The van der Waals surface area contributed by atoms with Gasteiger partial charge in [0.1, 0.15) is 0 Å². The van der Waals surface area contributed by atoms with Crippen molar-refractivity contribution in [1.29, 1.82) is 0 Å². The van der Waals surface area contributed by atoms with E-state index in [0.29, 0.717) is 6.54 Å². The van der Waals surface area contributed by atoms with Crippen LogP contribution in [0.25, 0.3) is 0 Å². The second-order valence-electron chi connectivity index (χ2n) is 5.14. The van der Waals surface area contributed by atoms with Gasteiger partial charge in [-0.2, -0.15) is 0 Å². The Labute approximate surface area is 121 Å². The van der Waals surface area contributed by atoms with Crippen molar-refractivity contribution in [1.82, 2.24) is 0 Å². The van der Waals surface area contributed by atoms with Crippen molar-refractivity contribution < 1.29 is 4.79 Å². The quantitative estimate of drug-likeness (QED) is 0.763. The molecule has 0 unspecified atom stereocenters. The minimum absolute atomic E-state index is 0.161. The third-order valence-corrected chi connectivity index (χ3v) is 3.46. The molecule has 0 atom stereocenters. The molecule has 0 bridgehead atoms. The Balaban J connectivity index is 2.14. The van der Waals surface area contributed by atoms with Crippen LogP contribution >= 0.6 is 0 Å². The second kappa shape index (κ2) is 6.38. The zero-order chi connectivity index (χ0) is 14.5. The molecule has 0 amide bonds. The predicted molar refractivity (Wildman–Crippen MR) is 84.6 cm³/mol. The number of ketones is 1. The molecule has 0 radical (unpaired) electrons. The third-order valence-electron chi connectivity index (χ3n) is 3.46. The fourth-order valence-corrected chi connectivity index (χ4v) is 2.21. The molecule has 104 valence electrons. The highest BCUT2D eigenvalue weighted by atomic mass is 16.1. The van der Waals surface area contributed by atoms with Gasteiger partial charge in [-0.05, 0) is 38.5 Å². The molecule has 0 aliphatic rings. The van der Waals surface area contributed by atoms with Gasteiger partial charge in [0, 0.05) is 17.8 Å². The summed E-state index contributed by atoms with van der Waals surface area (Å²) >= 11 is 0. The van der Waals surface area contributed by atoms with E-state index in [-0.39, 0.29) is 5.78 Å². The minimum Gasteiger partial charge on any atom is -0.364 e. The molecule has 0 saturated heterocycles. The lowest BCUT2D eigenvalue weighted by atomic mass is 10.1. The van der Waals surface area contributed by atoms with E-state index in [0.717, 1.165) is 17.8 Å². The highest BCUT2D eigenvalue weighted by Gasteiger charge is 2.11. The van der Waals surface area contributed by atoms with E-state index < -0.39 is 0 Å². The molecular weight excluding hydrogens is 246 g/mol. The Morgan fingerprint density at radius 2 is 1.70 bits per heavy atom. The van der Waals surface area contributed by atoms with Crippen LogP contribution in [0.2, 0.25) is 0 Å². The van der Waals surface area contributed by atoms with Crippen LogP contribution in [-0.2, 0) is 0 Å². The zero-order valence-electron chi connectivity index (χ0n) is 12.4. The zero-order valence-corrected chi connectivity index (χ0v) is 12.4. The Kier molecular flexibility index (Phi) is 4.57. The minimum atomic E-state index is 0.161. The molecule has 0 aliphatic heterocycles. The van der Waals surface area contributed by atoms with Crippen LogP contribution in [-0.4, -0.2) is 18.9 Å². The predicted octanol–water partition coefficient (Wildman–Crippen LogP) is 4.01. The maximum Gasteiger partial charge on any atom is 0.182 e. The van der Waals surface area contributed by atoms with Crippen LogP contribution < -0.4 is 4.90 Å². The molecule has 0 N–H and O–H groups in total. The van der Waals surface area contributed by atoms with Crippen LogP contribution in [0.4, 0.5) is 5.69 Å². The number of carbonyl (C=O) groups excluding carboxylic acids is 1. The Morgan fingerprint density at radius 1 is 1.00 bits per heavy atom. The molecule has 20 heavy (non-hydrogen) atoms. The molecule has 0 fully saturated rings. The number of nitrogens with zero attached hydrogens (tertiary/aromatic N) is 1. The lowest BCUT2D eigenvalue weighted by Crippen LogP contribution is -2.29. The summed E-state index contributed by atoms with van der Waals surface area (Å²) < 4.78 is 0. The average molecular weight is 267 g/mol. The Morgan fingerprint density at radius 3 is 2.30 bits per heavy atom. The molecule has 0 heterocycles. The fraction of sp³-hybridized carbons (Fsp3) is 0.278. The van der Waals surface area contributed by atoms with Crippen LogP contribution in [0.1, 0.15) is 28.4 Å². The molecule has 2 rings (SSSR count). The standard InChI is InChI=1S/C18H21NO/c1-4-19(17-7-5-6-15(3)12-17)13-18(20)16-10-8-14(2)9-11-16/h5-12H,4,13H2,1-3H3. The van der Waals surface area contributed by atoms with E-state index in [2.05, 4.69) is 36.9 Å². The van der Waals surface area contributed by atoms with Gasteiger partial charge in [-0.1, -0.05) is 42.0 Å². The maximum atomic E-state index is 12.3. The summed E-state index contributed by atoms with van der Waals surface area (Å²) in [5, 5.41) is 0. The van der Waals surface area contributed by atoms with Gasteiger partial charge in [-0.25, -0.2) is 0 Å². The van der Waals surface area contributed by atoms with Crippen LogP contribution in [0, 0.1) is 13.8 Å². The number of rotatable bonds is 5. The van der Waals surface area contributed by atoms with Crippen molar-refractivity contribution in [3.63, 3.8) is 0 Å². The summed E-state index contributed by atoms with van der Waals surface area (Å²) in [6.07, 6.45) is 0. The number of anilines is 1. The lowest BCUT2D eigenvalue weighted by molar-refractivity contribution is 0.0999. The van der Waals surface area contributed by atoms with Gasteiger partial charge in [0.25, 0.3) is 0 Å². The summed E-state index contributed by atoms with van der Waals surface area (Å²) in [6.45, 7) is 7.41. The summed E-state index contributed by atoms with van der Waals surface area (Å²) in [7, 11) is 0. The van der Waals surface area contributed by atoms with E-state index in [1.165, 1.54) is 11.1 Å². The van der Waals surface area contributed by atoms with Crippen LogP contribution in [0.15, 0.2) is 48.5 Å². The number of hydrogen-bond donors (Lipinski definition) is 0. The Bertz CT molecular complexity index is 587. The van der Waals surface area contributed by atoms with Crippen LogP contribution in [0.3, 0.4) is 0 Å². The van der Waals surface area contributed by atoms with E-state index in [1.807, 2.05) is 37.3 Å². The van der Waals surface area contributed by atoms with E-state index in [1.54, 1.807) is 0 Å².